The topological polar surface area (TPSA) is 38.0 Å². The summed E-state index contributed by atoms with van der Waals surface area (Å²) < 4.78 is 0. The molecule has 5 aliphatic rings. The molecule has 3 fully saturated rings. The maximum Gasteiger partial charge on any atom is 0.0252 e. The van der Waals surface area contributed by atoms with Gasteiger partial charge in [-0.2, -0.15) is 0 Å². The SMILES string of the molecule is CCC(CC)C1CCC(C2CC=C(C(C)CCC(CNC3C=C(C4CCCCC4)CCC3)C(C)C3CC(CCCCN)C3)CC2)CC1. The lowest BCUT2D eigenvalue weighted by atomic mass is 9.63. The van der Waals surface area contributed by atoms with E-state index < -0.39 is 0 Å². The first kappa shape index (κ1) is 37.7. The third kappa shape index (κ3) is 10.9. The van der Waals surface area contributed by atoms with E-state index in [1.54, 1.807) is 0 Å². The van der Waals surface area contributed by atoms with Gasteiger partial charge in [0.2, 0.25) is 0 Å². The van der Waals surface area contributed by atoms with Crippen LogP contribution in [0.3, 0.4) is 0 Å². The Balaban J connectivity index is 1.11. The second kappa shape index (κ2) is 19.7. The Morgan fingerprint density at radius 1 is 0.787 bits per heavy atom. The van der Waals surface area contributed by atoms with E-state index in [1.807, 2.05) is 11.1 Å². The Hall–Kier alpha value is -0.600. The van der Waals surface area contributed by atoms with Gasteiger partial charge in [0.25, 0.3) is 0 Å². The van der Waals surface area contributed by atoms with Crippen LogP contribution in [0.15, 0.2) is 23.3 Å². The molecule has 0 aromatic heterocycles. The third-order valence-corrected chi connectivity index (χ3v) is 15.3. The fourth-order valence-corrected chi connectivity index (χ4v) is 11.6. The summed E-state index contributed by atoms with van der Waals surface area (Å²) in [5, 5.41) is 4.19. The molecule has 2 nitrogen and oxygen atoms in total. The van der Waals surface area contributed by atoms with Crippen LogP contribution in [0.5, 0.6) is 0 Å². The summed E-state index contributed by atoms with van der Waals surface area (Å²) in [4.78, 5) is 0. The van der Waals surface area contributed by atoms with E-state index in [9.17, 15) is 0 Å². The first-order valence-corrected chi connectivity index (χ1v) is 21.8. The summed E-state index contributed by atoms with van der Waals surface area (Å²) in [5.41, 5.74) is 9.44. The van der Waals surface area contributed by atoms with Gasteiger partial charge in [-0.25, -0.2) is 0 Å². The van der Waals surface area contributed by atoms with Gasteiger partial charge in [-0.05, 0) is 181 Å². The van der Waals surface area contributed by atoms with Crippen LogP contribution in [0, 0.1) is 59.2 Å². The Labute approximate surface area is 293 Å². The zero-order chi connectivity index (χ0) is 33.0. The molecule has 5 aliphatic carbocycles. The van der Waals surface area contributed by atoms with Crippen molar-refractivity contribution in [3.8, 4) is 0 Å². The zero-order valence-corrected chi connectivity index (χ0v) is 32.0. The molecule has 0 heterocycles. The number of hydrogen-bond donors (Lipinski definition) is 2. The Morgan fingerprint density at radius 2 is 1.55 bits per heavy atom. The maximum atomic E-state index is 5.79. The molecule has 47 heavy (non-hydrogen) atoms. The van der Waals surface area contributed by atoms with Crippen molar-refractivity contribution in [2.45, 2.75) is 188 Å². The highest BCUT2D eigenvalue weighted by Gasteiger charge is 2.37. The standard InChI is InChI=1S/C45H80N2/c1-5-36(6-2)39-24-26-41(27-25-39)40-22-20-37(21-23-40)33(3)18-19-43(34(4)44-29-35(30-44)13-10-11-28-46)32-47-45-17-12-16-42(31-45)38-14-8-7-9-15-38/h20,31,33-36,38-41,43-45,47H,5-19,21-30,32,46H2,1-4H3. The van der Waals surface area contributed by atoms with Crippen LogP contribution in [0.1, 0.15) is 182 Å². The van der Waals surface area contributed by atoms with Crippen molar-refractivity contribution < 1.29 is 0 Å². The predicted molar refractivity (Wildman–Crippen MR) is 205 cm³/mol. The lowest BCUT2D eigenvalue weighted by Crippen LogP contribution is -2.40. The molecule has 0 radical (unpaired) electrons. The lowest BCUT2D eigenvalue weighted by molar-refractivity contribution is 0.0819. The van der Waals surface area contributed by atoms with E-state index in [4.69, 9.17) is 5.73 Å². The molecule has 5 atom stereocenters. The van der Waals surface area contributed by atoms with E-state index in [0.29, 0.717) is 6.04 Å². The number of allylic oxidation sites excluding steroid dienone is 3. The Kier molecular flexibility index (Phi) is 15.8. The van der Waals surface area contributed by atoms with Gasteiger partial charge < -0.3 is 11.1 Å². The quantitative estimate of drug-likeness (QED) is 0.115. The number of nitrogens with two attached hydrogens (primary N) is 1. The normalized spacial score (nSPS) is 32.7. The minimum absolute atomic E-state index is 0.626. The highest BCUT2D eigenvalue weighted by atomic mass is 14.9. The molecule has 5 unspecified atom stereocenters. The predicted octanol–water partition coefficient (Wildman–Crippen LogP) is 12.4. The van der Waals surface area contributed by atoms with Crippen molar-refractivity contribution in [3.05, 3.63) is 23.3 Å². The average molecular weight is 649 g/mol. The maximum absolute atomic E-state index is 5.79. The van der Waals surface area contributed by atoms with Crippen LogP contribution in [-0.2, 0) is 0 Å². The molecular weight excluding hydrogens is 569 g/mol. The van der Waals surface area contributed by atoms with Crippen LogP contribution in [0.2, 0.25) is 0 Å². The molecule has 270 valence electrons. The van der Waals surface area contributed by atoms with Crippen LogP contribution in [0.25, 0.3) is 0 Å². The zero-order valence-electron chi connectivity index (χ0n) is 32.0. The highest BCUT2D eigenvalue weighted by molar-refractivity contribution is 5.15. The van der Waals surface area contributed by atoms with Crippen molar-refractivity contribution in [1.82, 2.24) is 5.32 Å². The monoisotopic (exact) mass is 649 g/mol. The smallest absolute Gasteiger partial charge is 0.0252 e. The summed E-state index contributed by atoms with van der Waals surface area (Å²) in [6.07, 6.45) is 39.8. The fourth-order valence-electron chi connectivity index (χ4n) is 11.6. The van der Waals surface area contributed by atoms with E-state index >= 15 is 0 Å². The Morgan fingerprint density at radius 3 is 2.23 bits per heavy atom. The first-order chi connectivity index (χ1) is 23.0. The summed E-state index contributed by atoms with van der Waals surface area (Å²) in [5.74, 6) is 9.29. The number of hydrogen-bond acceptors (Lipinski definition) is 2. The van der Waals surface area contributed by atoms with Crippen LogP contribution >= 0.6 is 0 Å². The van der Waals surface area contributed by atoms with Crippen molar-refractivity contribution in [1.29, 1.82) is 0 Å². The minimum atomic E-state index is 0.626. The molecule has 2 heteroatoms. The van der Waals surface area contributed by atoms with E-state index in [-0.39, 0.29) is 0 Å². The summed E-state index contributed by atoms with van der Waals surface area (Å²) >= 11 is 0. The number of unbranched alkanes of at least 4 members (excludes halogenated alkanes) is 1. The molecule has 0 amide bonds. The molecule has 5 rings (SSSR count). The van der Waals surface area contributed by atoms with Crippen LogP contribution in [0.4, 0.5) is 0 Å². The van der Waals surface area contributed by atoms with Gasteiger partial charge in [-0.3, -0.25) is 0 Å². The summed E-state index contributed by atoms with van der Waals surface area (Å²) in [7, 11) is 0. The number of rotatable bonds is 18. The van der Waals surface area contributed by atoms with Crippen molar-refractivity contribution in [2.24, 2.45) is 64.9 Å². The van der Waals surface area contributed by atoms with E-state index in [0.717, 1.165) is 65.7 Å². The molecule has 0 aromatic carbocycles. The minimum Gasteiger partial charge on any atom is -0.330 e. The molecule has 3 N–H and O–H groups in total. The third-order valence-electron chi connectivity index (χ3n) is 15.3. The molecular formula is C45H80N2. The summed E-state index contributed by atoms with van der Waals surface area (Å²) in [6.45, 7) is 12.2. The van der Waals surface area contributed by atoms with Gasteiger partial charge in [-0.1, -0.05) is 95.9 Å². The second-order valence-corrected chi connectivity index (χ2v) is 18.0. The van der Waals surface area contributed by atoms with Gasteiger partial charge in [0, 0.05) is 6.04 Å². The molecule has 0 aromatic rings. The number of nitrogens with one attached hydrogen (secondary N) is 1. The van der Waals surface area contributed by atoms with Crippen LogP contribution < -0.4 is 11.1 Å². The fraction of sp³-hybridized carbons (Fsp3) is 0.911. The van der Waals surface area contributed by atoms with Gasteiger partial charge in [-0.15, -0.1) is 0 Å². The molecule has 0 saturated heterocycles. The molecule has 0 spiro atoms. The van der Waals surface area contributed by atoms with Crippen molar-refractivity contribution >= 4 is 0 Å². The lowest BCUT2D eigenvalue weighted by Gasteiger charge is -2.43. The largest absolute Gasteiger partial charge is 0.330 e. The first-order valence-electron chi connectivity index (χ1n) is 21.8. The van der Waals surface area contributed by atoms with E-state index in [2.05, 4.69) is 45.2 Å². The van der Waals surface area contributed by atoms with Gasteiger partial charge in [0.05, 0.1) is 0 Å². The second-order valence-electron chi connectivity index (χ2n) is 18.0. The van der Waals surface area contributed by atoms with Gasteiger partial charge >= 0.3 is 0 Å². The Bertz CT molecular complexity index is 926. The average Bonchev–Trinajstić information content (AvgIpc) is 3.10. The van der Waals surface area contributed by atoms with Crippen molar-refractivity contribution in [2.75, 3.05) is 13.1 Å². The molecule has 0 aliphatic heterocycles. The van der Waals surface area contributed by atoms with E-state index in [1.165, 1.54) is 161 Å². The van der Waals surface area contributed by atoms with Gasteiger partial charge in [0.15, 0.2) is 0 Å². The summed E-state index contributed by atoms with van der Waals surface area (Å²) in [6, 6.07) is 0.626. The highest BCUT2D eigenvalue weighted by Crippen LogP contribution is 2.46. The van der Waals surface area contributed by atoms with Crippen molar-refractivity contribution in [3.63, 3.8) is 0 Å². The van der Waals surface area contributed by atoms with Gasteiger partial charge in [0.1, 0.15) is 0 Å². The molecule has 0 bridgehead atoms. The van der Waals surface area contributed by atoms with Crippen LogP contribution in [-0.4, -0.2) is 19.1 Å². The molecule has 3 saturated carbocycles.